The van der Waals surface area contributed by atoms with Crippen molar-refractivity contribution in [2.75, 3.05) is 0 Å². The molecular weight excluding hydrogens is 258 g/mol. The van der Waals surface area contributed by atoms with E-state index in [0.29, 0.717) is 0 Å². The summed E-state index contributed by atoms with van der Waals surface area (Å²) in [5, 5.41) is 9.38. The Bertz CT molecular complexity index is 480. The summed E-state index contributed by atoms with van der Waals surface area (Å²) in [7, 11) is 0. The highest BCUT2D eigenvalue weighted by molar-refractivity contribution is 5.90. The van der Waals surface area contributed by atoms with Gasteiger partial charge in [0.25, 0.3) is 0 Å². The minimum absolute atomic E-state index is 0.0905. The number of carbonyl (C=O) groups is 1. The van der Waals surface area contributed by atoms with Crippen LogP contribution in [0.3, 0.4) is 0 Å². The maximum absolute atomic E-state index is 12.6. The number of hydrogen-bond acceptors (Lipinski definition) is 2. The zero-order valence-corrected chi connectivity index (χ0v) is 12.9. The summed E-state index contributed by atoms with van der Waals surface area (Å²) < 4.78 is 0. The van der Waals surface area contributed by atoms with Gasteiger partial charge in [0.15, 0.2) is 5.78 Å². The number of nitriles is 1. The quantitative estimate of drug-likeness (QED) is 0.748. The Labute approximate surface area is 128 Å². The molecule has 1 aromatic carbocycles. The van der Waals surface area contributed by atoms with Gasteiger partial charge in [-0.05, 0) is 37.2 Å². The van der Waals surface area contributed by atoms with Crippen molar-refractivity contribution in [3.63, 3.8) is 0 Å². The van der Waals surface area contributed by atoms with Gasteiger partial charge in [0.2, 0.25) is 0 Å². The van der Waals surface area contributed by atoms with Gasteiger partial charge in [-0.15, -0.1) is 0 Å². The van der Waals surface area contributed by atoms with Gasteiger partial charge in [-0.25, -0.2) is 0 Å². The molecule has 0 heterocycles. The summed E-state index contributed by atoms with van der Waals surface area (Å²) >= 11 is 0. The topological polar surface area (TPSA) is 40.9 Å². The van der Waals surface area contributed by atoms with E-state index in [1.54, 1.807) is 0 Å². The molecule has 1 aliphatic carbocycles. The molecule has 1 aliphatic rings. The van der Waals surface area contributed by atoms with Gasteiger partial charge in [-0.1, -0.05) is 56.5 Å². The highest BCUT2D eigenvalue weighted by Gasteiger charge is 2.31. The van der Waals surface area contributed by atoms with Crippen LogP contribution in [0.5, 0.6) is 0 Å². The van der Waals surface area contributed by atoms with Gasteiger partial charge in [0.05, 0.1) is 6.07 Å². The summed E-state index contributed by atoms with van der Waals surface area (Å²) in [5.74, 6) is 0.444. The Hall–Kier alpha value is -1.62. The number of benzene rings is 1. The van der Waals surface area contributed by atoms with E-state index >= 15 is 0 Å². The Morgan fingerprint density at radius 1 is 1.24 bits per heavy atom. The third-order valence-corrected chi connectivity index (χ3v) is 4.76. The molecule has 21 heavy (non-hydrogen) atoms. The first-order valence-electron chi connectivity index (χ1n) is 8.24. The number of Topliss-reactive ketones (excluding diaryl/α,β-unsaturated/α-hetero) is 1. The molecule has 112 valence electrons. The van der Waals surface area contributed by atoms with E-state index in [1.165, 1.54) is 19.3 Å². The zero-order chi connectivity index (χ0) is 15.1. The van der Waals surface area contributed by atoms with E-state index in [2.05, 4.69) is 13.0 Å². The molecule has 1 saturated carbocycles. The van der Waals surface area contributed by atoms with Crippen molar-refractivity contribution in [2.24, 2.45) is 11.8 Å². The van der Waals surface area contributed by atoms with Gasteiger partial charge >= 0.3 is 0 Å². The van der Waals surface area contributed by atoms with Crippen LogP contribution in [-0.2, 0) is 4.79 Å². The molecular formula is C19H25NO. The van der Waals surface area contributed by atoms with Gasteiger partial charge in [-0.2, -0.15) is 5.26 Å². The summed E-state index contributed by atoms with van der Waals surface area (Å²) in [4.78, 5) is 12.6. The SMILES string of the molecule is CCCCC1CCC(C(=O)C(C#N)c2ccccc2)CC1. The predicted octanol–water partition coefficient (Wildman–Crippen LogP) is 4.86. The second-order valence-electron chi connectivity index (χ2n) is 6.24. The molecule has 1 aromatic rings. The van der Waals surface area contributed by atoms with Crippen LogP contribution >= 0.6 is 0 Å². The number of ketones is 1. The molecule has 0 N–H and O–H groups in total. The van der Waals surface area contributed by atoms with Crippen LogP contribution in [0.1, 0.15) is 63.4 Å². The molecule has 0 radical (unpaired) electrons. The highest BCUT2D eigenvalue weighted by atomic mass is 16.1. The number of rotatable bonds is 6. The lowest BCUT2D eigenvalue weighted by Crippen LogP contribution is -2.26. The number of unbranched alkanes of at least 4 members (excludes halogenated alkanes) is 1. The molecule has 0 aliphatic heterocycles. The number of nitrogens with zero attached hydrogens (tertiary/aromatic N) is 1. The second kappa shape index (κ2) is 7.98. The van der Waals surface area contributed by atoms with Crippen molar-refractivity contribution < 1.29 is 4.79 Å². The maximum Gasteiger partial charge on any atom is 0.157 e. The van der Waals surface area contributed by atoms with Gasteiger partial charge < -0.3 is 0 Å². The van der Waals surface area contributed by atoms with Crippen molar-refractivity contribution in [2.45, 2.75) is 57.8 Å². The third kappa shape index (κ3) is 4.17. The zero-order valence-electron chi connectivity index (χ0n) is 12.9. The first-order valence-corrected chi connectivity index (χ1v) is 8.24. The lowest BCUT2D eigenvalue weighted by atomic mass is 9.75. The molecule has 0 saturated heterocycles. The average molecular weight is 283 g/mol. The fraction of sp³-hybridized carbons (Fsp3) is 0.579. The average Bonchev–Trinajstić information content (AvgIpc) is 2.55. The largest absolute Gasteiger partial charge is 0.298 e. The van der Waals surface area contributed by atoms with Crippen LogP contribution in [0.15, 0.2) is 30.3 Å². The predicted molar refractivity (Wildman–Crippen MR) is 84.8 cm³/mol. The molecule has 0 bridgehead atoms. The lowest BCUT2D eigenvalue weighted by Gasteiger charge is -2.28. The minimum atomic E-state index is -0.580. The Morgan fingerprint density at radius 2 is 1.90 bits per heavy atom. The second-order valence-corrected chi connectivity index (χ2v) is 6.24. The van der Waals surface area contributed by atoms with E-state index < -0.39 is 5.92 Å². The first kappa shape index (κ1) is 15.8. The molecule has 0 spiro atoms. The van der Waals surface area contributed by atoms with Gasteiger partial charge in [0, 0.05) is 5.92 Å². The smallest absolute Gasteiger partial charge is 0.157 e. The molecule has 0 amide bonds. The fourth-order valence-corrected chi connectivity index (χ4v) is 3.41. The van der Waals surface area contributed by atoms with E-state index in [0.717, 1.165) is 37.2 Å². The van der Waals surface area contributed by atoms with E-state index in [4.69, 9.17) is 0 Å². The van der Waals surface area contributed by atoms with Gasteiger partial charge in [-0.3, -0.25) is 4.79 Å². The van der Waals surface area contributed by atoms with Crippen LogP contribution < -0.4 is 0 Å². The Kier molecular flexibility index (Phi) is 5.99. The van der Waals surface area contributed by atoms with E-state index in [9.17, 15) is 10.1 Å². The third-order valence-electron chi connectivity index (χ3n) is 4.76. The van der Waals surface area contributed by atoms with Crippen LogP contribution in [0.25, 0.3) is 0 Å². The van der Waals surface area contributed by atoms with Crippen molar-refractivity contribution in [3.05, 3.63) is 35.9 Å². The molecule has 1 atom stereocenters. The summed E-state index contributed by atoms with van der Waals surface area (Å²) in [5.41, 5.74) is 0.845. The normalized spacial score (nSPS) is 23.2. The van der Waals surface area contributed by atoms with Crippen LogP contribution in [0, 0.1) is 23.2 Å². The minimum Gasteiger partial charge on any atom is -0.298 e. The van der Waals surface area contributed by atoms with E-state index in [1.807, 2.05) is 30.3 Å². The summed E-state index contributed by atoms with van der Waals surface area (Å²) in [6, 6.07) is 11.7. The molecule has 0 aromatic heterocycles. The van der Waals surface area contributed by atoms with E-state index in [-0.39, 0.29) is 11.7 Å². The van der Waals surface area contributed by atoms with Crippen molar-refractivity contribution >= 4 is 5.78 Å². The van der Waals surface area contributed by atoms with Crippen molar-refractivity contribution in [3.8, 4) is 6.07 Å². The summed E-state index contributed by atoms with van der Waals surface area (Å²) in [6.45, 7) is 2.23. The standard InChI is InChI=1S/C19H25NO/c1-2-3-7-15-10-12-17(13-11-15)19(21)18(14-20)16-8-5-4-6-9-16/h4-6,8-9,15,17-18H,2-3,7,10-13H2,1H3. The maximum atomic E-state index is 12.6. The molecule has 1 fully saturated rings. The first-order chi connectivity index (χ1) is 10.3. The number of carbonyl (C=O) groups excluding carboxylic acids is 1. The monoisotopic (exact) mass is 283 g/mol. The molecule has 1 unspecified atom stereocenters. The summed E-state index contributed by atoms with van der Waals surface area (Å²) in [6.07, 6.45) is 8.11. The Balaban J connectivity index is 1.93. The highest BCUT2D eigenvalue weighted by Crippen LogP contribution is 2.35. The van der Waals surface area contributed by atoms with Gasteiger partial charge in [0.1, 0.15) is 5.92 Å². The number of hydrogen-bond donors (Lipinski definition) is 0. The van der Waals surface area contributed by atoms with Crippen molar-refractivity contribution in [1.29, 1.82) is 5.26 Å². The Morgan fingerprint density at radius 3 is 2.48 bits per heavy atom. The van der Waals surface area contributed by atoms with Crippen LogP contribution in [0.2, 0.25) is 0 Å². The molecule has 2 heteroatoms. The molecule has 2 rings (SSSR count). The van der Waals surface area contributed by atoms with Crippen LogP contribution in [0.4, 0.5) is 0 Å². The fourth-order valence-electron chi connectivity index (χ4n) is 3.41. The molecule has 2 nitrogen and oxygen atoms in total. The van der Waals surface area contributed by atoms with Crippen LogP contribution in [-0.4, -0.2) is 5.78 Å². The van der Waals surface area contributed by atoms with Crippen molar-refractivity contribution in [1.82, 2.24) is 0 Å². The lowest BCUT2D eigenvalue weighted by molar-refractivity contribution is -0.124.